The van der Waals surface area contributed by atoms with Crippen LogP contribution < -0.4 is 11.3 Å². The first-order chi connectivity index (χ1) is 8.17. The fourth-order valence-electron chi connectivity index (χ4n) is 1.69. The van der Waals surface area contributed by atoms with Gasteiger partial charge in [-0.2, -0.15) is 0 Å². The van der Waals surface area contributed by atoms with Gasteiger partial charge in [-0.25, -0.2) is 15.8 Å². The Bertz CT molecular complexity index is 538. The van der Waals surface area contributed by atoms with Crippen molar-refractivity contribution < 1.29 is 0 Å². The van der Waals surface area contributed by atoms with Crippen molar-refractivity contribution in [1.29, 1.82) is 0 Å². The molecular formula is C11H13BrN4S. The van der Waals surface area contributed by atoms with Crippen LogP contribution in [0.5, 0.6) is 0 Å². The molecule has 2 heterocycles. The van der Waals surface area contributed by atoms with Crippen molar-refractivity contribution in [1.82, 2.24) is 9.97 Å². The van der Waals surface area contributed by atoms with Crippen LogP contribution in [0.15, 0.2) is 15.9 Å². The average Bonchev–Trinajstić information content (AvgIpc) is 2.74. The minimum absolute atomic E-state index is 0.703. The van der Waals surface area contributed by atoms with Crippen molar-refractivity contribution in [2.75, 3.05) is 5.43 Å². The molecule has 2 rings (SSSR count). The minimum atomic E-state index is 0.703. The van der Waals surface area contributed by atoms with Crippen LogP contribution in [0.3, 0.4) is 0 Å². The Morgan fingerprint density at radius 3 is 2.76 bits per heavy atom. The van der Waals surface area contributed by atoms with Crippen molar-refractivity contribution in [2.45, 2.75) is 20.3 Å². The molecular weight excluding hydrogens is 300 g/mol. The molecule has 2 aromatic heterocycles. The van der Waals surface area contributed by atoms with E-state index in [0.717, 1.165) is 27.0 Å². The summed E-state index contributed by atoms with van der Waals surface area (Å²) in [4.78, 5) is 10.0. The summed E-state index contributed by atoms with van der Waals surface area (Å²) in [5.41, 5.74) is 4.67. The molecule has 90 valence electrons. The van der Waals surface area contributed by atoms with E-state index in [2.05, 4.69) is 38.2 Å². The van der Waals surface area contributed by atoms with Crippen LogP contribution in [0.25, 0.3) is 10.7 Å². The maximum atomic E-state index is 5.51. The molecule has 0 bridgehead atoms. The zero-order valence-corrected chi connectivity index (χ0v) is 12.0. The lowest BCUT2D eigenvalue weighted by atomic mass is 10.1. The van der Waals surface area contributed by atoms with Crippen LogP contribution in [-0.2, 0) is 6.42 Å². The highest BCUT2D eigenvalue weighted by Crippen LogP contribution is 2.32. The molecule has 3 N–H and O–H groups in total. The molecule has 0 aliphatic heterocycles. The first-order valence-corrected chi connectivity index (χ1v) is 6.92. The summed E-state index contributed by atoms with van der Waals surface area (Å²) in [6, 6.07) is 1.99. The molecule has 0 radical (unpaired) electrons. The Morgan fingerprint density at radius 1 is 1.47 bits per heavy atom. The summed E-state index contributed by atoms with van der Waals surface area (Å²) in [5, 5.41) is 2.00. The van der Waals surface area contributed by atoms with Gasteiger partial charge < -0.3 is 5.43 Å². The van der Waals surface area contributed by atoms with Gasteiger partial charge in [-0.15, -0.1) is 11.3 Å². The van der Waals surface area contributed by atoms with E-state index in [-0.39, 0.29) is 0 Å². The van der Waals surface area contributed by atoms with Crippen molar-refractivity contribution in [3.05, 3.63) is 27.2 Å². The molecule has 0 aliphatic carbocycles. The van der Waals surface area contributed by atoms with E-state index in [9.17, 15) is 0 Å². The first kappa shape index (κ1) is 12.5. The molecule has 0 unspecified atom stereocenters. The number of halogens is 1. The van der Waals surface area contributed by atoms with Crippen LogP contribution in [0.4, 0.5) is 5.82 Å². The molecule has 0 saturated heterocycles. The fourth-order valence-corrected chi connectivity index (χ4v) is 3.18. The SMILES string of the molecule is CCc1c(C)nc(-c2sccc2Br)nc1NN. The largest absolute Gasteiger partial charge is 0.308 e. The lowest BCUT2D eigenvalue weighted by Crippen LogP contribution is -2.13. The number of rotatable bonds is 3. The van der Waals surface area contributed by atoms with Crippen molar-refractivity contribution in [3.63, 3.8) is 0 Å². The summed E-state index contributed by atoms with van der Waals surface area (Å²) in [7, 11) is 0. The molecule has 0 aliphatic rings. The quantitative estimate of drug-likeness (QED) is 0.675. The summed E-state index contributed by atoms with van der Waals surface area (Å²) in [5.74, 6) is 6.91. The third kappa shape index (κ3) is 2.34. The van der Waals surface area contributed by atoms with E-state index in [1.54, 1.807) is 11.3 Å². The fraction of sp³-hybridized carbons (Fsp3) is 0.273. The van der Waals surface area contributed by atoms with Crippen LogP contribution in [0.2, 0.25) is 0 Å². The van der Waals surface area contributed by atoms with Crippen molar-refractivity contribution >= 4 is 33.1 Å². The number of nitrogen functional groups attached to an aromatic ring is 1. The van der Waals surface area contributed by atoms with Crippen molar-refractivity contribution in [3.8, 4) is 10.7 Å². The lowest BCUT2D eigenvalue weighted by Gasteiger charge is -2.10. The molecule has 4 nitrogen and oxygen atoms in total. The highest BCUT2D eigenvalue weighted by molar-refractivity contribution is 9.10. The van der Waals surface area contributed by atoms with Gasteiger partial charge in [0.15, 0.2) is 5.82 Å². The number of aromatic nitrogens is 2. The van der Waals surface area contributed by atoms with Crippen LogP contribution in [0.1, 0.15) is 18.2 Å². The van der Waals surface area contributed by atoms with E-state index < -0.39 is 0 Å². The minimum Gasteiger partial charge on any atom is -0.308 e. The predicted octanol–water partition coefficient (Wildman–Crippen LogP) is 3.12. The molecule has 0 spiro atoms. The Hall–Kier alpha value is -0.980. The monoisotopic (exact) mass is 312 g/mol. The highest BCUT2D eigenvalue weighted by atomic mass is 79.9. The Labute approximate surface area is 112 Å². The molecule has 0 amide bonds. The number of anilines is 1. The van der Waals surface area contributed by atoms with Gasteiger partial charge in [-0.05, 0) is 40.7 Å². The number of nitrogens with two attached hydrogens (primary N) is 1. The van der Waals surface area contributed by atoms with Gasteiger partial charge in [-0.3, -0.25) is 0 Å². The Morgan fingerprint density at radius 2 is 2.24 bits per heavy atom. The van der Waals surface area contributed by atoms with Gasteiger partial charge in [0.1, 0.15) is 5.82 Å². The third-order valence-electron chi connectivity index (χ3n) is 2.52. The van der Waals surface area contributed by atoms with Crippen LogP contribution >= 0.6 is 27.3 Å². The van der Waals surface area contributed by atoms with E-state index in [1.165, 1.54) is 0 Å². The van der Waals surface area contributed by atoms with Crippen molar-refractivity contribution in [2.24, 2.45) is 5.84 Å². The van der Waals surface area contributed by atoms with Gasteiger partial charge in [0.2, 0.25) is 0 Å². The highest BCUT2D eigenvalue weighted by Gasteiger charge is 2.13. The lowest BCUT2D eigenvalue weighted by molar-refractivity contribution is 0.997. The number of hydrogen-bond donors (Lipinski definition) is 2. The van der Waals surface area contributed by atoms with E-state index in [4.69, 9.17) is 5.84 Å². The summed E-state index contributed by atoms with van der Waals surface area (Å²) in [6.45, 7) is 4.04. The topological polar surface area (TPSA) is 63.8 Å². The number of hydrazine groups is 1. The molecule has 6 heteroatoms. The van der Waals surface area contributed by atoms with Gasteiger partial charge in [0, 0.05) is 15.7 Å². The second-order valence-electron chi connectivity index (χ2n) is 3.56. The molecule has 0 atom stereocenters. The molecule has 2 aromatic rings. The van der Waals surface area contributed by atoms with E-state index >= 15 is 0 Å². The van der Waals surface area contributed by atoms with Gasteiger partial charge in [0.05, 0.1) is 4.88 Å². The number of thiophene rings is 1. The number of nitrogens with zero attached hydrogens (tertiary/aromatic N) is 2. The summed E-state index contributed by atoms with van der Waals surface area (Å²) >= 11 is 5.09. The smallest absolute Gasteiger partial charge is 0.173 e. The predicted molar refractivity (Wildman–Crippen MR) is 75.0 cm³/mol. The summed E-state index contributed by atoms with van der Waals surface area (Å²) in [6.07, 6.45) is 0.858. The molecule has 0 aromatic carbocycles. The first-order valence-electron chi connectivity index (χ1n) is 5.24. The zero-order valence-electron chi connectivity index (χ0n) is 9.62. The molecule has 17 heavy (non-hydrogen) atoms. The number of nitrogens with one attached hydrogen (secondary N) is 1. The van der Waals surface area contributed by atoms with Gasteiger partial charge in [0.25, 0.3) is 0 Å². The second-order valence-corrected chi connectivity index (χ2v) is 5.33. The number of aryl methyl sites for hydroxylation is 1. The molecule has 0 fully saturated rings. The van der Waals surface area contributed by atoms with Crippen LogP contribution in [0, 0.1) is 6.92 Å². The van der Waals surface area contributed by atoms with Gasteiger partial charge in [-0.1, -0.05) is 6.92 Å². The Kier molecular flexibility index (Phi) is 3.76. The Balaban J connectivity index is 2.58. The molecule has 0 saturated carbocycles. The average molecular weight is 313 g/mol. The van der Waals surface area contributed by atoms with Crippen LogP contribution in [-0.4, -0.2) is 9.97 Å². The van der Waals surface area contributed by atoms with E-state index in [0.29, 0.717) is 11.6 Å². The second kappa shape index (κ2) is 5.12. The maximum Gasteiger partial charge on any atom is 0.173 e. The van der Waals surface area contributed by atoms with Gasteiger partial charge >= 0.3 is 0 Å². The maximum absolute atomic E-state index is 5.51. The zero-order chi connectivity index (χ0) is 12.4. The standard InChI is InChI=1S/C11H13BrN4S/c1-3-7-6(2)14-11(15-10(7)16-13)9-8(12)4-5-17-9/h4-5H,3,13H2,1-2H3,(H,14,15,16). The van der Waals surface area contributed by atoms with E-state index in [1.807, 2.05) is 18.4 Å². The third-order valence-corrected chi connectivity index (χ3v) is 4.36. The normalized spacial score (nSPS) is 10.6. The summed E-state index contributed by atoms with van der Waals surface area (Å²) < 4.78 is 1.01. The number of hydrogen-bond acceptors (Lipinski definition) is 5.